The van der Waals surface area contributed by atoms with Gasteiger partial charge in [0.05, 0.1) is 20.1 Å². The second kappa shape index (κ2) is 11.8. The zero-order chi connectivity index (χ0) is 27.2. The van der Waals surface area contributed by atoms with Gasteiger partial charge in [-0.25, -0.2) is 0 Å². The van der Waals surface area contributed by atoms with Crippen molar-refractivity contribution >= 4 is 11.6 Å². The summed E-state index contributed by atoms with van der Waals surface area (Å²) < 4.78 is 52.5. The molecule has 0 heterocycles. The predicted molar refractivity (Wildman–Crippen MR) is 133 cm³/mol. The van der Waals surface area contributed by atoms with Crippen LogP contribution in [-0.2, 0) is 4.79 Å². The van der Waals surface area contributed by atoms with Crippen molar-refractivity contribution in [3.8, 4) is 11.5 Å². The zero-order valence-corrected chi connectivity index (χ0v) is 20.5. The number of para-hydroxylation sites is 1. The molecule has 0 saturated heterocycles. The van der Waals surface area contributed by atoms with Crippen molar-refractivity contribution in [3.63, 3.8) is 0 Å². The highest BCUT2D eigenvalue weighted by Gasteiger charge is 2.52. The van der Waals surface area contributed by atoms with E-state index in [1.165, 1.54) is 50.6 Å². The summed E-state index contributed by atoms with van der Waals surface area (Å²) in [5, 5.41) is 12.7. The van der Waals surface area contributed by atoms with Gasteiger partial charge in [-0.2, -0.15) is 13.2 Å². The first-order valence-corrected chi connectivity index (χ1v) is 11.5. The number of nitro groups is 1. The number of carbonyl (C=O) groups is 1. The molecule has 10 heteroatoms. The SMILES string of the molecule is CCC(c1ccccc1OC)C(C(c1ccccc1)N(C(=O)C(F)(F)F)c1ccc(OC)cc1)[N+](=O)[O-]. The number of rotatable bonds is 10. The van der Waals surface area contributed by atoms with Crippen LogP contribution in [0, 0.1) is 10.1 Å². The highest BCUT2D eigenvalue weighted by Crippen LogP contribution is 2.43. The topological polar surface area (TPSA) is 81.9 Å². The lowest BCUT2D eigenvalue weighted by Gasteiger charge is -2.37. The van der Waals surface area contributed by atoms with Gasteiger partial charge in [0.1, 0.15) is 17.5 Å². The van der Waals surface area contributed by atoms with Gasteiger partial charge >= 0.3 is 12.1 Å². The maximum atomic E-state index is 14.0. The van der Waals surface area contributed by atoms with Gasteiger partial charge in [0, 0.05) is 16.2 Å². The first kappa shape index (κ1) is 27.5. The molecule has 3 rings (SSSR count). The Balaban J connectivity index is 2.32. The number of halogens is 3. The number of anilines is 1. The van der Waals surface area contributed by atoms with Crippen LogP contribution in [0.25, 0.3) is 0 Å². The van der Waals surface area contributed by atoms with E-state index in [-0.39, 0.29) is 17.7 Å². The molecule has 0 spiro atoms. The zero-order valence-electron chi connectivity index (χ0n) is 20.5. The van der Waals surface area contributed by atoms with Crippen molar-refractivity contribution in [1.29, 1.82) is 0 Å². The molecule has 1 amide bonds. The van der Waals surface area contributed by atoms with E-state index in [9.17, 15) is 28.1 Å². The smallest absolute Gasteiger partial charge is 0.471 e. The van der Waals surface area contributed by atoms with E-state index in [0.29, 0.717) is 22.0 Å². The second-order valence-corrected chi connectivity index (χ2v) is 8.26. The van der Waals surface area contributed by atoms with Crippen LogP contribution in [0.5, 0.6) is 11.5 Å². The number of benzene rings is 3. The van der Waals surface area contributed by atoms with Crippen molar-refractivity contribution in [3.05, 3.63) is 100 Å². The Morgan fingerprint density at radius 2 is 1.54 bits per heavy atom. The van der Waals surface area contributed by atoms with Crippen molar-refractivity contribution in [1.82, 2.24) is 0 Å². The van der Waals surface area contributed by atoms with Gasteiger partial charge in [-0.3, -0.25) is 19.8 Å². The van der Waals surface area contributed by atoms with Gasteiger partial charge in [0.2, 0.25) is 6.04 Å². The summed E-state index contributed by atoms with van der Waals surface area (Å²) in [5.41, 5.74) is 0.494. The Morgan fingerprint density at radius 1 is 0.946 bits per heavy atom. The molecular formula is C27H27F3N2O5. The lowest BCUT2D eigenvalue weighted by atomic mass is 9.81. The number of nitrogens with zero attached hydrogens (tertiary/aromatic N) is 2. The molecule has 0 fully saturated rings. The summed E-state index contributed by atoms with van der Waals surface area (Å²) in [7, 11) is 2.81. The van der Waals surface area contributed by atoms with Crippen LogP contribution in [0.1, 0.15) is 36.4 Å². The largest absolute Gasteiger partial charge is 0.497 e. The van der Waals surface area contributed by atoms with Gasteiger partial charge in [-0.05, 0) is 42.3 Å². The molecule has 0 aromatic heterocycles. The lowest BCUT2D eigenvalue weighted by molar-refractivity contribution is -0.531. The molecule has 196 valence electrons. The monoisotopic (exact) mass is 516 g/mol. The molecule has 3 aromatic carbocycles. The first-order chi connectivity index (χ1) is 17.6. The van der Waals surface area contributed by atoms with Gasteiger partial charge in [0.25, 0.3) is 0 Å². The second-order valence-electron chi connectivity index (χ2n) is 8.26. The molecule has 0 radical (unpaired) electrons. The summed E-state index contributed by atoms with van der Waals surface area (Å²) in [6, 6.07) is 16.5. The molecule has 3 atom stereocenters. The minimum Gasteiger partial charge on any atom is -0.497 e. The molecule has 0 aliphatic carbocycles. The summed E-state index contributed by atoms with van der Waals surface area (Å²) in [6.07, 6.45) is -5.09. The Labute approximate surface area is 212 Å². The van der Waals surface area contributed by atoms with Crippen LogP contribution < -0.4 is 14.4 Å². The van der Waals surface area contributed by atoms with Crippen molar-refractivity contribution in [2.24, 2.45) is 0 Å². The molecule has 7 nitrogen and oxygen atoms in total. The van der Waals surface area contributed by atoms with Gasteiger partial charge in [-0.15, -0.1) is 0 Å². The van der Waals surface area contributed by atoms with E-state index < -0.39 is 35.0 Å². The first-order valence-electron chi connectivity index (χ1n) is 11.5. The fraction of sp³-hybridized carbons (Fsp3) is 0.296. The van der Waals surface area contributed by atoms with Crippen LogP contribution in [0.2, 0.25) is 0 Å². The van der Waals surface area contributed by atoms with E-state index in [2.05, 4.69) is 0 Å². The maximum absolute atomic E-state index is 14.0. The number of hydrogen-bond acceptors (Lipinski definition) is 5. The molecule has 3 aromatic rings. The molecule has 3 unspecified atom stereocenters. The maximum Gasteiger partial charge on any atom is 0.471 e. The number of methoxy groups -OCH3 is 2. The van der Waals surface area contributed by atoms with Crippen LogP contribution in [0.3, 0.4) is 0 Å². The van der Waals surface area contributed by atoms with Crippen LogP contribution in [0.4, 0.5) is 18.9 Å². The third kappa shape index (κ3) is 6.02. The number of alkyl halides is 3. The Hall–Kier alpha value is -4.08. The molecule has 0 aliphatic rings. The van der Waals surface area contributed by atoms with Gasteiger partial charge in [-0.1, -0.05) is 55.5 Å². The number of hydrogen-bond donors (Lipinski definition) is 0. The van der Waals surface area contributed by atoms with Crippen LogP contribution in [0.15, 0.2) is 78.9 Å². The predicted octanol–water partition coefficient (Wildman–Crippen LogP) is 6.18. The average molecular weight is 517 g/mol. The molecule has 0 saturated carbocycles. The normalized spacial score (nSPS) is 13.8. The molecule has 0 aliphatic heterocycles. The minimum absolute atomic E-state index is 0.154. The third-order valence-electron chi connectivity index (χ3n) is 6.19. The Kier molecular flexibility index (Phi) is 8.75. The fourth-order valence-electron chi connectivity index (χ4n) is 4.53. The lowest BCUT2D eigenvalue weighted by Crippen LogP contribution is -2.50. The van der Waals surface area contributed by atoms with E-state index in [1.54, 1.807) is 49.4 Å². The Morgan fingerprint density at radius 3 is 2.05 bits per heavy atom. The minimum atomic E-state index is -5.29. The number of ether oxygens (including phenoxy) is 2. The number of carbonyl (C=O) groups excluding carboxylic acids is 1. The van der Waals surface area contributed by atoms with Gasteiger partial charge in [0.15, 0.2) is 0 Å². The van der Waals surface area contributed by atoms with Crippen molar-refractivity contribution in [2.75, 3.05) is 19.1 Å². The van der Waals surface area contributed by atoms with E-state index in [0.717, 1.165) is 0 Å². The molecule has 37 heavy (non-hydrogen) atoms. The molecule has 0 N–H and O–H groups in total. The summed E-state index contributed by atoms with van der Waals surface area (Å²) in [5.74, 6) is -2.39. The molecule has 0 bridgehead atoms. The van der Waals surface area contributed by atoms with Crippen molar-refractivity contribution in [2.45, 2.75) is 37.5 Å². The van der Waals surface area contributed by atoms with Gasteiger partial charge < -0.3 is 9.47 Å². The number of amides is 1. The van der Waals surface area contributed by atoms with Crippen molar-refractivity contribution < 1.29 is 32.4 Å². The van der Waals surface area contributed by atoms with Crippen LogP contribution in [-0.4, -0.2) is 37.3 Å². The molecular weight excluding hydrogens is 489 g/mol. The van der Waals surface area contributed by atoms with E-state index in [1.807, 2.05) is 0 Å². The quantitative estimate of drug-likeness (QED) is 0.237. The summed E-state index contributed by atoms with van der Waals surface area (Å²) >= 11 is 0. The Bertz CT molecular complexity index is 1200. The van der Waals surface area contributed by atoms with Crippen LogP contribution >= 0.6 is 0 Å². The average Bonchev–Trinajstić information content (AvgIpc) is 2.90. The standard InChI is InChI=1S/C27H27F3N2O5/c1-4-21(22-12-8-9-13-23(22)37-3)25(32(34)35)24(18-10-6-5-7-11-18)31(26(33)27(28,29)30)19-14-16-20(36-2)17-15-19/h5-17,21,24-25H,4H2,1-3H3. The fourth-order valence-corrected chi connectivity index (χ4v) is 4.53. The highest BCUT2D eigenvalue weighted by atomic mass is 19.4. The van der Waals surface area contributed by atoms with E-state index in [4.69, 9.17) is 9.47 Å². The van der Waals surface area contributed by atoms with E-state index >= 15 is 0 Å². The summed E-state index contributed by atoms with van der Waals surface area (Å²) in [6.45, 7) is 1.71. The third-order valence-corrected chi connectivity index (χ3v) is 6.19. The highest BCUT2D eigenvalue weighted by molar-refractivity contribution is 5.98. The summed E-state index contributed by atoms with van der Waals surface area (Å²) in [4.78, 5) is 25.5.